The van der Waals surface area contributed by atoms with Gasteiger partial charge in [0.1, 0.15) is 0 Å². The fourth-order valence-electron chi connectivity index (χ4n) is 2.04. The summed E-state index contributed by atoms with van der Waals surface area (Å²) in [5.74, 6) is -0.789. The maximum absolute atomic E-state index is 11.6. The molecule has 19 heavy (non-hydrogen) atoms. The van der Waals surface area contributed by atoms with Crippen LogP contribution in [0.25, 0.3) is 0 Å². The fourth-order valence-corrected chi connectivity index (χ4v) is 2.52. The number of hydrogen-bond acceptors (Lipinski definition) is 3. The molecule has 0 bridgehead atoms. The largest absolute Gasteiger partial charge is 0.478 e. The van der Waals surface area contributed by atoms with Crippen molar-refractivity contribution in [2.24, 2.45) is 0 Å². The van der Waals surface area contributed by atoms with Crippen molar-refractivity contribution in [3.63, 3.8) is 0 Å². The number of ketones is 1. The average molecular weight is 324 g/mol. The number of rotatable bonds is 3. The molecule has 2 N–H and O–H groups in total. The molecule has 0 heterocycles. The zero-order valence-corrected chi connectivity index (χ0v) is 12.1. The molecule has 0 spiro atoms. The molecule has 2 rings (SSSR count). The van der Waals surface area contributed by atoms with Crippen LogP contribution in [0.15, 0.2) is 33.9 Å². The van der Waals surface area contributed by atoms with Gasteiger partial charge in [-0.25, -0.2) is 4.79 Å². The maximum Gasteiger partial charge on any atom is 0.335 e. The molecule has 0 unspecified atom stereocenters. The van der Waals surface area contributed by atoms with Gasteiger partial charge in [-0.05, 0) is 53.9 Å². The quantitative estimate of drug-likeness (QED) is 0.892. The SMILES string of the molecule is CC1=C(Nc2ccc(C(=O)O)cc2Br)CCCC1=O. The summed E-state index contributed by atoms with van der Waals surface area (Å²) in [5, 5.41) is 12.1. The number of aromatic carboxylic acids is 1. The number of halogens is 1. The van der Waals surface area contributed by atoms with Crippen molar-refractivity contribution in [3.05, 3.63) is 39.5 Å². The van der Waals surface area contributed by atoms with E-state index >= 15 is 0 Å². The first-order chi connectivity index (χ1) is 8.99. The lowest BCUT2D eigenvalue weighted by molar-refractivity contribution is -0.116. The highest BCUT2D eigenvalue weighted by atomic mass is 79.9. The third-order valence-corrected chi connectivity index (χ3v) is 3.86. The van der Waals surface area contributed by atoms with Gasteiger partial charge < -0.3 is 10.4 Å². The molecule has 0 fully saturated rings. The van der Waals surface area contributed by atoms with Gasteiger partial charge in [0, 0.05) is 22.2 Å². The predicted molar refractivity (Wildman–Crippen MR) is 76.3 cm³/mol. The summed E-state index contributed by atoms with van der Waals surface area (Å²) in [7, 11) is 0. The molecule has 4 nitrogen and oxygen atoms in total. The summed E-state index contributed by atoms with van der Waals surface area (Å²) in [4.78, 5) is 22.5. The molecule has 100 valence electrons. The number of nitrogens with one attached hydrogen (secondary N) is 1. The molecule has 1 aliphatic rings. The lowest BCUT2D eigenvalue weighted by Crippen LogP contribution is -2.14. The minimum atomic E-state index is -0.963. The van der Waals surface area contributed by atoms with Gasteiger partial charge >= 0.3 is 5.97 Å². The standard InChI is InChI=1S/C14H14BrNO3/c1-8-11(3-2-4-13(8)17)16-12-6-5-9(14(18)19)7-10(12)15/h5-7,16H,2-4H2,1H3,(H,18,19). The van der Waals surface area contributed by atoms with E-state index in [9.17, 15) is 9.59 Å². The van der Waals surface area contributed by atoms with Crippen molar-refractivity contribution in [2.45, 2.75) is 26.2 Å². The molecule has 0 saturated carbocycles. The summed E-state index contributed by atoms with van der Waals surface area (Å²) < 4.78 is 0.672. The van der Waals surface area contributed by atoms with Crippen LogP contribution in [0.2, 0.25) is 0 Å². The smallest absolute Gasteiger partial charge is 0.335 e. The Morgan fingerprint density at radius 3 is 2.74 bits per heavy atom. The molecular formula is C14H14BrNO3. The van der Waals surface area contributed by atoms with Crippen molar-refractivity contribution >= 4 is 33.4 Å². The highest BCUT2D eigenvalue weighted by Crippen LogP contribution is 2.29. The first-order valence-electron chi connectivity index (χ1n) is 6.02. The van der Waals surface area contributed by atoms with Gasteiger partial charge in [-0.15, -0.1) is 0 Å². The maximum atomic E-state index is 11.6. The number of carbonyl (C=O) groups excluding carboxylic acids is 1. The van der Waals surface area contributed by atoms with Crippen molar-refractivity contribution in [1.82, 2.24) is 0 Å². The zero-order valence-electron chi connectivity index (χ0n) is 10.5. The molecule has 1 aromatic carbocycles. The molecule has 0 amide bonds. The zero-order chi connectivity index (χ0) is 14.0. The summed E-state index contributed by atoms with van der Waals surface area (Å²) in [5.41, 5.74) is 2.68. The van der Waals surface area contributed by atoms with Crippen molar-refractivity contribution in [1.29, 1.82) is 0 Å². The van der Waals surface area contributed by atoms with Crippen LogP contribution in [-0.4, -0.2) is 16.9 Å². The minimum absolute atomic E-state index is 0.173. The topological polar surface area (TPSA) is 66.4 Å². The first-order valence-corrected chi connectivity index (χ1v) is 6.81. The van der Waals surface area contributed by atoms with E-state index in [1.54, 1.807) is 12.1 Å². The van der Waals surface area contributed by atoms with Crippen molar-refractivity contribution in [3.8, 4) is 0 Å². The Hall–Kier alpha value is -1.62. The van der Waals surface area contributed by atoms with Gasteiger partial charge in [-0.3, -0.25) is 4.79 Å². The number of benzene rings is 1. The predicted octanol–water partition coefficient (Wildman–Crippen LogP) is 3.59. The molecule has 1 aliphatic carbocycles. The minimum Gasteiger partial charge on any atom is -0.478 e. The Balaban J connectivity index is 2.27. The number of carbonyl (C=O) groups is 2. The lowest BCUT2D eigenvalue weighted by atomic mass is 9.96. The molecular weight excluding hydrogens is 310 g/mol. The van der Waals surface area contributed by atoms with E-state index in [4.69, 9.17) is 5.11 Å². The second kappa shape index (κ2) is 5.57. The highest BCUT2D eigenvalue weighted by molar-refractivity contribution is 9.10. The molecule has 1 aromatic rings. The summed E-state index contributed by atoms with van der Waals surface area (Å²) in [6, 6.07) is 4.79. The van der Waals surface area contributed by atoms with Crippen LogP contribution in [0.1, 0.15) is 36.5 Å². The van der Waals surface area contributed by atoms with E-state index in [2.05, 4.69) is 21.2 Å². The number of carboxylic acids is 1. The second-order valence-corrected chi connectivity index (χ2v) is 5.36. The molecule has 0 aromatic heterocycles. The highest BCUT2D eigenvalue weighted by Gasteiger charge is 2.17. The van der Waals surface area contributed by atoms with Crippen LogP contribution in [-0.2, 0) is 4.79 Å². The fraction of sp³-hybridized carbons (Fsp3) is 0.286. The molecule has 0 saturated heterocycles. The van der Waals surface area contributed by atoms with Gasteiger partial charge in [0.15, 0.2) is 5.78 Å². The van der Waals surface area contributed by atoms with Gasteiger partial charge in [-0.1, -0.05) is 0 Å². The Labute approximate surface area is 119 Å². The van der Waals surface area contributed by atoms with Gasteiger partial charge in [0.25, 0.3) is 0 Å². The average Bonchev–Trinajstić information content (AvgIpc) is 2.37. The Kier molecular flexibility index (Phi) is 4.04. The number of allylic oxidation sites excluding steroid dienone is 2. The van der Waals surface area contributed by atoms with Crippen LogP contribution in [0, 0.1) is 0 Å². The van der Waals surface area contributed by atoms with E-state index in [0.29, 0.717) is 10.9 Å². The first kappa shape index (κ1) is 13.8. The molecule has 0 radical (unpaired) electrons. The van der Waals surface area contributed by atoms with Gasteiger partial charge in [0.2, 0.25) is 0 Å². The van der Waals surface area contributed by atoms with Gasteiger partial charge in [0.05, 0.1) is 11.3 Å². The van der Waals surface area contributed by atoms with Crippen LogP contribution < -0.4 is 5.32 Å². The van der Waals surface area contributed by atoms with E-state index in [1.807, 2.05) is 6.92 Å². The van der Waals surface area contributed by atoms with Crippen LogP contribution in [0.5, 0.6) is 0 Å². The molecule has 0 atom stereocenters. The van der Waals surface area contributed by atoms with E-state index in [1.165, 1.54) is 6.07 Å². The van der Waals surface area contributed by atoms with Crippen molar-refractivity contribution < 1.29 is 14.7 Å². The van der Waals surface area contributed by atoms with E-state index in [0.717, 1.165) is 29.8 Å². The third kappa shape index (κ3) is 3.04. The Morgan fingerprint density at radius 1 is 1.37 bits per heavy atom. The summed E-state index contributed by atoms with van der Waals surface area (Å²) in [6.07, 6.45) is 2.30. The Bertz CT molecular complexity index is 578. The molecule has 5 heteroatoms. The second-order valence-electron chi connectivity index (χ2n) is 4.51. The lowest BCUT2D eigenvalue weighted by Gasteiger charge is -2.19. The number of carboxylic acid groups (broad SMARTS) is 1. The van der Waals surface area contributed by atoms with Crippen LogP contribution in [0.3, 0.4) is 0 Å². The number of hydrogen-bond donors (Lipinski definition) is 2. The monoisotopic (exact) mass is 323 g/mol. The van der Waals surface area contributed by atoms with E-state index < -0.39 is 5.97 Å². The van der Waals surface area contributed by atoms with Crippen LogP contribution in [0.4, 0.5) is 5.69 Å². The Morgan fingerprint density at radius 2 is 2.11 bits per heavy atom. The summed E-state index contributed by atoms with van der Waals surface area (Å²) in [6.45, 7) is 1.82. The van der Waals surface area contributed by atoms with Crippen LogP contribution >= 0.6 is 15.9 Å². The van der Waals surface area contributed by atoms with Crippen molar-refractivity contribution in [2.75, 3.05) is 5.32 Å². The normalized spacial score (nSPS) is 15.6. The molecule has 0 aliphatic heterocycles. The van der Waals surface area contributed by atoms with Gasteiger partial charge in [-0.2, -0.15) is 0 Å². The van der Waals surface area contributed by atoms with E-state index in [-0.39, 0.29) is 11.3 Å². The number of Topliss-reactive ketones (excluding diaryl/α,β-unsaturated/α-hetero) is 1. The summed E-state index contributed by atoms with van der Waals surface area (Å²) >= 11 is 3.34. The third-order valence-electron chi connectivity index (χ3n) is 3.20. The number of anilines is 1.